The predicted octanol–water partition coefficient (Wildman–Crippen LogP) is 3.84. The summed E-state index contributed by atoms with van der Waals surface area (Å²) >= 11 is 3.39. The summed E-state index contributed by atoms with van der Waals surface area (Å²) in [6.07, 6.45) is 2.11. The number of carbonyl (C=O) groups is 2. The number of halogens is 1. The van der Waals surface area contributed by atoms with Crippen molar-refractivity contribution in [1.82, 2.24) is 14.9 Å². The lowest BCUT2D eigenvalue weighted by atomic mass is 9.95. The molecule has 0 spiro atoms. The maximum Gasteiger partial charge on any atom is 0.251 e. The average Bonchev–Trinajstić information content (AvgIpc) is 3.30. The molecule has 1 N–H and O–H groups in total. The maximum absolute atomic E-state index is 13.0. The molecule has 2 saturated heterocycles. The zero-order chi connectivity index (χ0) is 20.0. The molecule has 29 heavy (non-hydrogen) atoms. The Labute approximate surface area is 177 Å². The van der Waals surface area contributed by atoms with Gasteiger partial charge in [0.15, 0.2) is 0 Å². The van der Waals surface area contributed by atoms with Crippen molar-refractivity contribution >= 4 is 44.5 Å². The molecule has 6 nitrogen and oxygen atoms in total. The Morgan fingerprint density at radius 3 is 2.45 bits per heavy atom. The van der Waals surface area contributed by atoms with E-state index in [4.69, 9.17) is 4.98 Å². The molecule has 5 rings (SSSR count). The first-order valence-electron chi connectivity index (χ1n) is 9.91. The van der Waals surface area contributed by atoms with Gasteiger partial charge in [-0.2, -0.15) is 0 Å². The van der Waals surface area contributed by atoms with Gasteiger partial charge >= 0.3 is 0 Å². The van der Waals surface area contributed by atoms with E-state index >= 15 is 0 Å². The van der Waals surface area contributed by atoms with Gasteiger partial charge in [0.1, 0.15) is 5.82 Å². The van der Waals surface area contributed by atoms with E-state index in [9.17, 15) is 9.59 Å². The summed E-state index contributed by atoms with van der Waals surface area (Å²) in [5.74, 6) is 1.14. The SMILES string of the molecule is O=C1CC(N2CCC(c3nc4ccccc4[nH]3)CC2)C(=O)N1c1ccc(Br)cc1. The number of para-hydroxylation sites is 2. The molecule has 2 amide bonds. The van der Waals surface area contributed by atoms with E-state index in [1.54, 1.807) is 12.1 Å². The fourth-order valence-electron chi connectivity index (χ4n) is 4.41. The first-order chi connectivity index (χ1) is 14.1. The molecule has 3 heterocycles. The van der Waals surface area contributed by atoms with Gasteiger partial charge in [0, 0.05) is 10.4 Å². The van der Waals surface area contributed by atoms with Crippen LogP contribution in [0.1, 0.15) is 31.0 Å². The molecule has 2 aliphatic rings. The standard InChI is InChI=1S/C22H21BrN4O2/c23-15-5-7-16(8-6-15)27-20(28)13-19(22(27)29)26-11-9-14(10-12-26)21-24-17-3-1-2-4-18(17)25-21/h1-8,14,19H,9-13H2,(H,24,25). The number of nitrogens with zero attached hydrogens (tertiary/aromatic N) is 3. The number of hydrogen-bond donors (Lipinski definition) is 1. The second-order valence-electron chi connectivity index (χ2n) is 7.71. The number of benzene rings is 2. The van der Waals surface area contributed by atoms with Crippen LogP contribution in [0.15, 0.2) is 53.0 Å². The van der Waals surface area contributed by atoms with E-state index in [1.807, 2.05) is 36.4 Å². The number of carbonyl (C=O) groups excluding carboxylic acids is 2. The van der Waals surface area contributed by atoms with Crippen LogP contribution in [-0.4, -0.2) is 45.8 Å². The number of hydrogen-bond acceptors (Lipinski definition) is 4. The lowest BCUT2D eigenvalue weighted by molar-refractivity contribution is -0.123. The number of aromatic amines is 1. The molecule has 1 aromatic heterocycles. The lowest BCUT2D eigenvalue weighted by Crippen LogP contribution is -2.45. The van der Waals surface area contributed by atoms with Crippen molar-refractivity contribution in [3.63, 3.8) is 0 Å². The molecule has 0 saturated carbocycles. The van der Waals surface area contributed by atoms with Gasteiger partial charge in [0.25, 0.3) is 5.91 Å². The van der Waals surface area contributed by atoms with Crippen LogP contribution in [0.4, 0.5) is 5.69 Å². The molecule has 2 aliphatic heterocycles. The molecular weight excluding hydrogens is 432 g/mol. The fourth-order valence-corrected chi connectivity index (χ4v) is 4.68. The average molecular weight is 453 g/mol. The minimum absolute atomic E-state index is 0.112. The summed E-state index contributed by atoms with van der Waals surface area (Å²) in [6, 6.07) is 15.0. The van der Waals surface area contributed by atoms with Gasteiger partial charge < -0.3 is 4.98 Å². The highest BCUT2D eigenvalue weighted by Crippen LogP contribution is 2.32. The van der Waals surface area contributed by atoms with E-state index in [1.165, 1.54) is 4.90 Å². The van der Waals surface area contributed by atoms with Gasteiger partial charge in [-0.25, -0.2) is 9.88 Å². The lowest BCUT2D eigenvalue weighted by Gasteiger charge is -2.34. The molecule has 7 heteroatoms. The van der Waals surface area contributed by atoms with Crippen LogP contribution in [0, 0.1) is 0 Å². The Hall–Kier alpha value is -2.51. The first kappa shape index (κ1) is 18.5. The predicted molar refractivity (Wildman–Crippen MR) is 115 cm³/mol. The second-order valence-corrected chi connectivity index (χ2v) is 8.63. The van der Waals surface area contributed by atoms with Crippen LogP contribution in [0.5, 0.6) is 0 Å². The Morgan fingerprint density at radius 2 is 1.72 bits per heavy atom. The van der Waals surface area contributed by atoms with Gasteiger partial charge in [0.05, 0.1) is 29.2 Å². The second kappa shape index (κ2) is 7.39. The van der Waals surface area contributed by atoms with Gasteiger partial charge in [0.2, 0.25) is 5.91 Å². The minimum Gasteiger partial charge on any atom is -0.342 e. The largest absolute Gasteiger partial charge is 0.342 e. The van der Waals surface area contributed by atoms with Crippen molar-refractivity contribution in [2.75, 3.05) is 18.0 Å². The summed E-state index contributed by atoms with van der Waals surface area (Å²) in [7, 11) is 0. The zero-order valence-electron chi connectivity index (χ0n) is 15.8. The van der Waals surface area contributed by atoms with Gasteiger partial charge in [-0.3, -0.25) is 14.5 Å². The number of imidazole rings is 1. The number of anilines is 1. The number of nitrogens with one attached hydrogen (secondary N) is 1. The highest BCUT2D eigenvalue weighted by molar-refractivity contribution is 9.10. The minimum atomic E-state index is -0.359. The summed E-state index contributed by atoms with van der Waals surface area (Å²) in [6.45, 7) is 1.58. The molecule has 0 radical (unpaired) electrons. The molecular formula is C22H21BrN4O2. The van der Waals surface area contributed by atoms with Crippen molar-refractivity contribution in [3.05, 3.63) is 58.8 Å². The Balaban J connectivity index is 1.27. The Kier molecular flexibility index (Phi) is 4.72. The monoisotopic (exact) mass is 452 g/mol. The van der Waals surface area contributed by atoms with E-state index in [2.05, 4.69) is 25.8 Å². The molecule has 2 fully saturated rings. The van der Waals surface area contributed by atoms with Crippen LogP contribution in [0.25, 0.3) is 11.0 Å². The summed E-state index contributed by atoms with van der Waals surface area (Å²) in [5, 5.41) is 0. The molecule has 0 aliphatic carbocycles. The molecule has 2 aromatic carbocycles. The van der Waals surface area contributed by atoms with Crippen LogP contribution in [0.2, 0.25) is 0 Å². The number of piperidine rings is 1. The number of H-pyrrole nitrogens is 1. The summed E-state index contributed by atoms with van der Waals surface area (Å²) in [5.41, 5.74) is 2.70. The van der Waals surface area contributed by atoms with E-state index in [-0.39, 0.29) is 24.3 Å². The number of aromatic nitrogens is 2. The van der Waals surface area contributed by atoms with Crippen molar-refractivity contribution in [2.24, 2.45) is 0 Å². The van der Waals surface area contributed by atoms with E-state index in [0.717, 1.165) is 47.3 Å². The number of rotatable bonds is 3. The van der Waals surface area contributed by atoms with Crippen molar-refractivity contribution in [3.8, 4) is 0 Å². The van der Waals surface area contributed by atoms with Crippen LogP contribution in [0.3, 0.4) is 0 Å². The van der Waals surface area contributed by atoms with E-state index in [0.29, 0.717) is 11.6 Å². The maximum atomic E-state index is 13.0. The Morgan fingerprint density at radius 1 is 1.00 bits per heavy atom. The molecule has 148 valence electrons. The van der Waals surface area contributed by atoms with Crippen molar-refractivity contribution in [1.29, 1.82) is 0 Å². The van der Waals surface area contributed by atoms with Gasteiger partial charge in [-0.1, -0.05) is 28.1 Å². The molecule has 0 bridgehead atoms. The number of fused-ring (bicyclic) bond motifs is 1. The quantitative estimate of drug-likeness (QED) is 0.612. The third-order valence-electron chi connectivity index (χ3n) is 5.97. The third-order valence-corrected chi connectivity index (χ3v) is 6.50. The van der Waals surface area contributed by atoms with E-state index < -0.39 is 0 Å². The smallest absolute Gasteiger partial charge is 0.251 e. The normalized spacial score (nSPS) is 21.4. The highest BCUT2D eigenvalue weighted by Gasteiger charge is 2.43. The van der Waals surface area contributed by atoms with Gasteiger partial charge in [-0.15, -0.1) is 0 Å². The highest BCUT2D eigenvalue weighted by atomic mass is 79.9. The number of amides is 2. The number of likely N-dealkylation sites (tertiary alicyclic amines) is 1. The van der Waals surface area contributed by atoms with Crippen molar-refractivity contribution < 1.29 is 9.59 Å². The molecule has 3 aromatic rings. The third kappa shape index (κ3) is 3.38. The topological polar surface area (TPSA) is 69.3 Å². The first-order valence-corrected chi connectivity index (χ1v) is 10.7. The number of imide groups is 1. The summed E-state index contributed by atoms with van der Waals surface area (Å²) in [4.78, 5) is 37.2. The molecule has 1 atom stereocenters. The van der Waals surface area contributed by atoms with Crippen molar-refractivity contribution in [2.45, 2.75) is 31.2 Å². The van der Waals surface area contributed by atoms with Crippen LogP contribution in [-0.2, 0) is 9.59 Å². The molecule has 1 unspecified atom stereocenters. The van der Waals surface area contributed by atoms with Gasteiger partial charge in [-0.05, 0) is 62.3 Å². The van der Waals surface area contributed by atoms with Crippen LogP contribution >= 0.6 is 15.9 Å². The van der Waals surface area contributed by atoms with Crippen LogP contribution < -0.4 is 4.90 Å². The summed E-state index contributed by atoms with van der Waals surface area (Å²) < 4.78 is 0.921. The Bertz CT molecular complexity index is 1040. The zero-order valence-corrected chi connectivity index (χ0v) is 17.4. The fraction of sp³-hybridized carbons (Fsp3) is 0.318.